The van der Waals surface area contributed by atoms with Gasteiger partial charge < -0.3 is 14.5 Å². The molecule has 4 nitrogen and oxygen atoms in total. The predicted molar refractivity (Wildman–Crippen MR) is 63.1 cm³/mol. The first-order valence-corrected chi connectivity index (χ1v) is 5.79. The molecule has 1 aromatic rings. The summed E-state index contributed by atoms with van der Waals surface area (Å²) in [5, 5.41) is 0. The van der Waals surface area contributed by atoms with Gasteiger partial charge in [-0.1, -0.05) is 0 Å². The average Bonchev–Trinajstić information content (AvgIpc) is 2.28. The molecule has 3 rings (SSSR count). The number of fused-ring (bicyclic) bond motifs is 3. The zero-order valence-electron chi connectivity index (χ0n) is 9.81. The first-order chi connectivity index (χ1) is 7.74. The van der Waals surface area contributed by atoms with Crippen molar-refractivity contribution >= 4 is 5.69 Å². The average molecular weight is 219 g/mol. The Morgan fingerprint density at radius 1 is 1.38 bits per heavy atom. The largest absolute Gasteiger partial charge is 0.474 e. The summed E-state index contributed by atoms with van der Waals surface area (Å²) in [4.78, 5) is 9.24. The summed E-state index contributed by atoms with van der Waals surface area (Å²) in [7, 11) is 2.17. The molecule has 2 aliphatic heterocycles. The Kier molecular flexibility index (Phi) is 2.24. The Balaban J connectivity index is 1.94. The lowest BCUT2D eigenvalue weighted by molar-refractivity contribution is 0.183. The second-order valence-corrected chi connectivity index (χ2v) is 4.70. The second kappa shape index (κ2) is 3.63. The molecule has 1 unspecified atom stereocenters. The van der Waals surface area contributed by atoms with E-state index in [0.717, 1.165) is 43.5 Å². The number of ether oxygens (including phenoxy) is 1. The van der Waals surface area contributed by atoms with Gasteiger partial charge in [-0.25, -0.2) is 4.98 Å². The Morgan fingerprint density at radius 2 is 2.25 bits per heavy atom. The molecule has 0 spiro atoms. The third kappa shape index (κ3) is 1.53. The van der Waals surface area contributed by atoms with Crippen LogP contribution >= 0.6 is 0 Å². The first-order valence-electron chi connectivity index (χ1n) is 5.79. The Hall–Kier alpha value is -1.29. The van der Waals surface area contributed by atoms with E-state index in [-0.39, 0.29) is 0 Å². The van der Waals surface area contributed by atoms with Gasteiger partial charge in [0.05, 0.1) is 6.04 Å². The Labute approximate surface area is 95.8 Å². The minimum atomic E-state index is 0.482. The van der Waals surface area contributed by atoms with Crippen molar-refractivity contribution in [2.75, 3.05) is 38.2 Å². The van der Waals surface area contributed by atoms with Crippen LogP contribution in [0.3, 0.4) is 0 Å². The van der Waals surface area contributed by atoms with E-state index in [1.165, 1.54) is 0 Å². The minimum Gasteiger partial charge on any atom is -0.474 e. The Morgan fingerprint density at radius 3 is 3.12 bits per heavy atom. The first kappa shape index (κ1) is 9.90. The molecule has 1 aromatic heterocycles. The van der Waals surface area contributed by atoms with Crippen LogP contribution in [0.1, 0.15) is 5.69 Å². The van der Waals surface area contributed by atoms with Crippen LogP contribution < -0.4 is 9.64 Å². The Bertz CT molecular complexity index is 407. The van der Waals surface area contributed by atoms with E-state index in [1.54, 1.807) is 0 Å². The number of aromatic nitrogens is 1. The number of likely N-dealkylation sites (N-methyl/N-ethyl adjacent to an activating group) is 1. The van der Waals surface area contributed by atoms with Gasteiger partial charge in [-0.2, -0.15) is 0 Å². The third-order valence-electron chi connectivity index (χ3n) is 3.39. The van der Waals surface area contributed by atoms with Crippen LogP contribution in [0.5, 0.6) is 5.88 Å². The molecule has 0 amide bonds. The fourth-order valence-electron chi connectivity index (χ4n) is 2.50. The molecule has 2 aliphatic rings. The number of nitrogens with zero attached hydrogens (tertiary/aromatic N) is 3. The van der Waals surface area contributed by atoms with E-state index in [4.69, 9.17) is 4.74 Å². The highest BCUT2D eigenvalue weighted by Gasteiger charge is 2.32. The molecular formula is C12H17N3O. The topological polar surface area (TPSA) is 28.6 Å². The van der Waals surface area contributed by atoms with Crippen molar-refractivity contribution in [3.05, 3.63) is 17.8 Å². The molecule has 0 aliphatic carbocycles. The molecule has 86 valence electrons. The smallest absolute Gasteiger partial charge is 0.237 e. The fraction of sp³-hybridized carbons (Fsp3) is 0.583. The summed E-state index contributed by atoms with van der Waals surface area (Å²) < 4.78 is 5.74. The number of piperazine rings is 1. The molecule has 16 heavy (non-hydrogen) atoms. The van der Waals surface area contributed by atoms with Gasteiger partial charge in [-0.05, 0) is 26.1 Å². The molecular weight excluding hydrogens is 202 g/mol. The van der Waals surface area contributed by atoms with Crippen LogP contribution in [0, 0.1) is 6.92 Å². The van der Waals surface area contributed by atoms with Gasteiger partial charge in [-0.15, -0.1) is 0 Å². The number of pyridine rings is 1. The van der Waals surface area contributed by atoms with E-state index < -0.39 is 0 Å². The summed E-state index contributed by atoms with van der Waals surface area (Å²) >= 11 is 0. The van der Waals surface area contributed by atoms with Crippen molar-refractivity contribution in [2.24, 2.45) is 0 Å². The van der Waals surface area contributed by atoms with Crippen LogP contribution in [0.4, 0.5) is 5.69 Å². The monoisotopic (exact) mass is 219 g/mol. The molecule has 1 atom stereocenters. The normalized spacial score (nSPS) is 24.6. The van der Waals surface area contributed by atoms with Gasteiger partial charge in [0.1, 0.15) is 12.3 Å². The van der Waals surface area contributed by atoms with Crippen molar-refractivity contribution < 1.29 is 4.74 Å². The molecule has 3 heterocycles. The molecule has 1 saturated heterocycles. The van der Waals surface area contributed by atoms with Crippen LogP contribution in [-0.2, 0) is 0 Å². The lowest BCUT2D eigenvalue weighted by atomic mass is 10.1. The van der Waals surface area contributed by atoms with Crippen LogP contribution in [-0.4, -0.2) is 49.2 Å². The van der Waals surface area contributed by atoms with Crippen LogP contribution in [0.25, 0.3) is 0 Å². The molecule has 0 aromatic carbocycles. The van der Waals surface area contributed by atoms with Crippen molar-refractivity contribution in [3.8, 4) is 5.88 Å². The van der Waals surface area contributed by atoms with Gasteiger partial charge in [0.25, 0.3) is 0 Å². The van der Waals surface area contributed by atoms with Gasteiger partial charge in [-0.3, -0.25) is 0 Å². The molecule has 4 heteroatoms. The third-order valence-corrected chi connectivity index (χ3v) is 3.39. The van der Waals surface area contributed by atoms with Crippen LogP contribution in [0.15, 0.2) is 12.1 Å². The molecule has 0 radical (unpaired) electrons. The van der Waals surface area contributed by atoms with Gasteiger partial charge >= 0.3 is 0 Å². The maximum atomic E-state index is 5.74. The number of anilines is 1. The molecule has 0 bridgehead atoms. The maximum absolute atomic E-state index is 5.74. The lowest BCUT2D eigenvalue weighted by Gasteiger charge is -2.44. The molecule has 1 fully saturated rings. The second-order valence-electron chi connectivity index (χ2n) is 4.70. The van der Waals surface area contributed by atoms with Crippen molar-refractivity contribution in [2.45, 2.75) is 13.0 Å². The van der Waals surface area contributed by atoms with Crippen molar-refractivity contribution in [3.63, 3.8) is 0 Å². The summed E-state index contributed by atoms with van der Waals surface area (Å²) in [6.07, 6.45) is 0. The van der Waals surface area contributed by atoms with Gasteiger partial charge in [0.2, 0.25) is 5.88 Å². The minimum absolute atomic E-state index is 0.482. The van der Waals surface area contributed by atoms with Gasteiger partial charge in [0.15, 0.2) is 0 Å². The summed E-state index contributed by atoms with van der Waals surface area (Å²) in [5.74, 6) is 0.806. The maximum Gasteiger partial charge on any atom is 0.237 e. The highest BCUT2D eigenvalue weighted by Crippen LogP contribution is 2.33. The van der Waals surface area contributed by atoms with Gasteiger partial charge in [0, 0.05) is 25.3 Å². The molecule has 0 N–H and O–H groups in total. The van der Waals surface area contributed by atoms with Crippen LogP contribution in [0.2, 0.25) is 0 Å². The summed E-state index contributed by atoms with van der Waals surface area (Å²) in [6, 6.07) is 4.67. The number of rotatable bonds is 0. The van der Waals surface area contributed by atoms with E-state index in [0.29, 0.717) is 6.04 Å². The zero-order valence-corrected chi connectivity index (χ0v) is 9.81. The molecule has 0 saturated carbocycles. The standard InChI is InChI=1S/C12H17N3O/c1-9-3-4-11-12(13-9)16-8-10-7-14(2)5-6-15(10)11/h3-4,10H,5-8H2,1-2H3. The SMILES string of the molecule is Cc1ccc2c(n1)OCC1CN(C)CCN21. The van der Waals surface area contributed by atoms with Crippen molar-refractivity contribution in [1.82, 2.24) is 9.88 Å². The quantitative estimate of drug-likeness (QED) is 0.648. The van der Waals surface area contributed by atoms with E-state index >= 15 is 0 Å². The predicted octanol–water partition coefficient (Wildman–Crippen LogP) is 0.903. The van der Waals surface area contributed by atoms with E-state index in [2.05, 4.69) is 34.0 Å². The highest BCUT2D eigenvalue weighted by atomic mass is 16.5. The number of hydrogen-bond donors (Lipinski definition) is 0. The highest BCUT2D eigenvalue weighted by molar-refractivity contribution is 5.58. The number of aryl methyl sites for hydroxylation is 1. The number of hydrogen-bond acceptors (Lipinski definition) is 4. The lowest BCUT2D eigenvalue weighted by Crippen LogP contribution is -2.56. The van der Waals surface area contributed by atoms with E-state index in [9.17, 15) is 0 Å². The van der Waals surface area contributed by atoms with Crippen molar-refractivity contribution in [1.29, 1.82) is 0 Å². The zero-order chi connectivity index (χ0) is 11.1. The summed E-state index contributed by atoms with van der Waals surface area (Å²) in [5.41, 5.74) is 2.18. The fourth-order valence-corrected chi connectivity index (χ4v) is 2.50. The summed E-state index contributed by atoms with van der Waals surface area (Å²) in [6.45, 7) is 6.02. The van der Waals surface area contributed by atoms with E-state index in [1.807, 2.05) is 6.92 Å².